The zero-order valence-electron chi connectivity index (χ0n) is 19.9. The molecule has 4 aromatic rings. The highest BCUT2D eigenvalue weighted by Gasteiger charge is 2.31. The number of halogens is 4. The van der Waals surface area contributed by atoms with Crippen LogP contribution in [-0.2, 0) is 7.05 Å². The van der Waals surface area contributed by atoms with Gasteiger partial charge in [-0.15, -0.1) is 13.2 Å². The van der Waals surface area contributed by atoms with Gasteiger partial charge in [0.05, 0.1) is 16.2 Å². The summed E-state index contributed by atoms with van der Waals surface area (Å²) in [7, 11) is 1.64. The number of aromatic nitrogens is 2. The molecule has 4 rings (SSSR count). The van der Waals surface area contributed by atoms with Crippen molar-refractivity contribution in [2.24, 2.45) is 7.05 Å². The zero-order chi connectivity index (χ0) is 26.6. The molecule has 0 aliphatic carbocycles. The number of alkyl halides is 3. The number of hydrogen-bond donors (Lipinski definition) is 1. The molecule has 188 valence electrons. The average Bonchev–Trinajstić information content (AvgIpc) is 2.84. The Morgan fingerprint density at radius 3 is 2.53 bits per heavy atom. The van der Waals surface area contributed by atoms with E-state index in [4.69, 9.17) is 11.6 Å². The van der Waals surface area contributed by atoms with Gasteiger partial charge in [-0.3, -0.25) is 14.6 Å². The van der Waals surface area contributed by atoms with Gasteiger partial charge in [0.1, 0.15) is 5.75 Å². The summed E-state index contributed by atoms with van der Waals surface area (Å²) in [5.41, 5.74) is 1.99. The summed E-state index contributed by atoms with van der Waals surface area (Å²) >= 11 is 6.62. The molecule has 2 aromatic carbocycles. The molecular weight excluding hydrogens is 495 g/mol. The number of carbonyl (C=O) groups excluding carboxylic acids is 1. The maximum absolute atomic E-state index is 13.1. The number of fused-ring (bicyclic) bond motifs is 1. The van der Waals surface area contributed by atoms with Crippen LogP contribution >= 0.6 is 11.6 Å². The first-order valence-corrected chi connectivity index (χ1v) is 11.3. The normalized spacial score (nSPS) is 11.0. The molecule has 36 heavy (non-hydrogen) atoms. The molecule has 0 radical (unpaired) electrons. The summed E-state index contributed by atoms with van der Waals surface area (Å²) in [6, 6.07) is 11.3. The van der Waals surface area contributed by atoms with Gasteiger partial charge in [-0.25, -0.2) is 0 Å². The number of aryl methyl sites for hydroxylation is 2. The topological polar surface area (TPSA) is 73.2 Å². The summed E-state index contributed by atoms with van der Waals surface area (Å²) < 4.78 is 42.9. The lowest BCUT2D eigenvalue weighted by atomic mass is 9.99. The minimum Gasteiger partial charge on any atom is -0.406 e. The number of pyridine rings is 2. The molecule has 0 saturated carbocycles. The number of anilines is 1. The van der Waals surface area contributed by atoms with Gasteiger partial charge in [0, 0.05) is 41.5 Å². The van der Waals surface area contributed by atoms with E-state index in [0.29, 0.717) is 22.2 Å². The van der Waals surface area contributed by atoms with Gasteiger partial charge in [-0.05, 0) is 48.9 Å². The van der Waals surface area contributed by atoms with Crippen LogP contribution in [0, 0.1) is 6.92 Å². The summed E-state index contributed by atoms with van der Waals surface area (Å²) in [5.74, 6) is -1.22. The first-order chi connectivity index (χ1) is 17.0. The number of nitrogens with zero attached hydrogens (tertiary/aromatic N) is 2. The molecule has 6 nitrogen and oxygen atoms in total. The first-order valence-electron chi connectivity index (χ1n) is 11.0. The molecule has 0 unspecified atom stereocenters. The Kier molecular flexibility index (Phi) is 8.04. The number of hydrogen-bond acceptors (Lipinski definition) is 4. The molecule has 1 amide bonds. The van der Waals surface area contributed by atoms with E-state index in [9.17, 15) is 22.8 Å². The largest absolute Gasteiger partial charge is 0.573 e. The Balaban J connectivity index is 0.00000176. The Bertz CT molecular complexity index is 1480. The molecule has 0 bridgehead atoms. The van der Waals surface area contributed by atoms with E-state index in [1.165, 1.54) is 16.7 Å². The summed E-state index contributed by atoms with van der Waals surface area (Å²) in [4.78, 5) is 29.9. The van der Waals surface area contributed by atoms with Gasteiger partial charge in [-0.1, -0.05) is 37.6 Å². The molecule has 10 heteroatoms. The SMILES string of the molecule is CC.Cc1ccc(NC(=O)c2cccc(OC(F)(F)F)c2)c(Cl)c1-c1cc2cnccc2n(C)c1=O. The van der Waals surface area contributed by atoms with E-state index in [1.807, 2.05) is 13.8 Å². The lowest BCUT2D eigenvalue weighted by Gasteiger charge is -2.16. The van der Waals surface area contributed by atoms with Crippen molar-refractivity contribution in [2.75, 3.05) is 5.32 Å². The lowest BCUT2D eigenvalue weighted by molar-refractivity contribution is -0.274. The van der Waals surface area contributed by atoms with Crippen molar-refractivity contribution in [3.8, 4) is 16.9 Å². The van der Waals surface area contributed by atoms with E-state index in [-0.39, 0.29) is 21.8 Å². The Morgan fingerprint density at radius 1 is 1.11 bits per heavy atom. The fourth-order valence-corrected chi connectivity index (χ4v) is 3.99. The summed E-state index contributed by atoms with van der Waals surface area (Å²) in [6.07, 6.45) is -1.67. The number of rotatable bonds is 4. The van der Waals surface area contributed by atoms with Gasteiger partial charge in [0.25, 0.3) is 11.5 Å². The lowest BCUT2D eigenvalue weighted by Crippen LogP contribution is -2.20. The molecule has 0 atom stereocenters. The van der Waals surface area contributed by atoms with Crippen molar-refractivity contribution in [1.82, 2.24) is 9.55 Å². The zero-order valence-corrected chi connectivity index (χ0v) is 20.7. The Morgan fingerprint density at radius 2 is 1.83 bits per heavy atom. The molecule has 0 aliphatic rings. The number of ether oxygens (including phenoxy) is 1. The van der Waals surface area contributed by atoms with Crippen LogP contribution < -0.4 is 15.6 Å². The quantitative estimate of drug-likeness (QED) is 0.325. The predicted molar refractivity (Wildman–Crippen MR) is 135 cm³/mol. The molecule has 0 aliphatic heterocycles. The van der Waals surface area contributed by atoms with Crippen LogP contribution in [-0.4, -0.2) is 21.8 Å². The minimum atomic E-state index is -4.88. The standard InChI is InChI=1S/C24H17ClF3N3O3.C2H6/c1-13-6-7-18(30-22(32)14-4-3-5-16(10-14)34-24(26,27)28)21(25)20(13)17-11-15-12-29-9-8-19(15)31(2)23(17)33;1-2/h3-12H,1-2H3,(H,30,32);1-2H3. The third-order valence-corrected chi connectivity index (χ3v) is 5.61. The van der Waals surface area contributed by atoms with E-state index in [1.54, 1.807) is 50.6 Å². The second-order valence-corrected chi connectivity index (χ2v) is 7.88. The maximum atomic E-state index is 13.1. The monoisotopic (exact) mass is 517 g/mol. The van der Waals surface area contributed by atoms with Crippen molar-refractivity contribution >= 4 is 34.1 Å². The Labute approximate surface area is 210 Å². The van der Waals surface area contributed by atoms with Gasteiger partial charge in [-0.2, -0.15) is 0 Å². The minimum absolute atomic E-state index is 0.0624. The van der Waals surface area contributed by atoms with E-state index in [0.717, 1.165) is 17.5 Å². The van der Waals surface area contributed by atoms with Crippen molar-refractivity contribution in [1.29, 1.82) is 0 Å². The van der Waals surface area contributed by atoms with Crippen LogP contribution in [0.5, 0.6) is 5.75 Å². The molecule has 2 aromatic heterocycles. The van der Waals surface area contributed by atoms with Gasteiger partial charge >= 0.3 is 6.36 Å². The van der Waals surface area contributed by atoms with Gasteiger partial charge in [0.2, 0.25) is 0 Å². The van der Waals surface area contributed by atoms with E-state index >= 15 is 0 Å². The molecule has 2 heterocycles. The summed E-state index contributed by atoms with van der Waals surface area (Å²) in [6.45, 7) is 5.78. The van der Waals surface area contributed by atoms with E-state index in [2.05, 4.69) is 15.0 Å². The van der Waals surface area contributed by atoms with Crippen LogP contribution in [0.2, 0.25) is 5.02 Å². The van der Waals surface area contributed by atoms with Crippen LogP contribution in [0.3, 0.4) is 0 Å². The highest BCUT2D eigenvalue weighted by atomic mass is 35.5. The number of carbonyl (C=O) groups is 1. The van der Waals surface area contributed by atoms with Crippen LogP contribution in [0.4, 0.5) is 18.9 Å². The van der Waals surface area contributed by atoms with Crippen molar-refractivity contribution in [3.63, 3.8) is 0 Å². The number of amides is 1. The van der Waals surface area contributed by atoms with E-state index < -0.39 is 18.0 Å². The molecule has 1 N–H and O–H groups in total. The average molecular weight is 518 g/mol. The van der Waals surface area contributed by atoms with Gasteiger partial charge in [0.15, 0.2) is 0 Å². The fraction of sp³-hybridized carbons (Fsp3) is 0.192. The van der Waals surface area contributed by atoms with Gasteiger partial charge < -0.3 is 14.6 Å². The highest BCUT2D eigenvalue weighted by molar-refractivity contribution is 6.37. The number of nitrogens with one attached hydrogen (secondary N) is 1. The third kappa shape index (κ3) is 5.68. The van der Waals surface area contributed by atoms with Crippen LogP contribution in [0.25, 0.3) is 22.0 Å². The van der Waals surface area contributed by atoms with Crippen molar-refractivity contribution in [2.45, 2.75) is 27.1 Å². The maximum Gasteiger partial charge on any atom is 0.573 e. The smallest absolute Gasteiger partial charge is 0.406 e. The summed E-state index contributed by atoms with van der Waals surface area (Å²) in [5, 5.41) is 3.45. The second-order valence-electron chi connectivity index (χ2n) is 7.51. The number of benzene rings is 2. The van der Waals surface area contributed by atoms with Crippen LogP contribution in [0.15, 0.2) is 65.7 Å². The molecular formula is C26H23ClF3N3O3. The van der Waals surface area contributed by atoms with Crippen molar-refractivity contribution in [3.05, 3.63) is 87.4 Å². The Hall–Kier alpha value is -3.85. The fourth-order valence-electron chi connectivity index (χ4n) is 3.63. The molecule has 0 spiro atoms. The third-order valence-electron chi connectivity index (χ3n) is 5.22. The van der Waals surface area contributed by atoms with Crippen molar-refractivity contribution < 1.29 is 22.7 Å². The highest BCUT2D eigenvalue weighted by Crippen LogP contribution is 2.36. The second kappa shape index (κ2) is 10.8. The van der Waals surface area contributed by atoms with Crippen LogP contribution in [0.1, 0.15) is 29.8 Å². The first kappa shape index (κ1) is 26.7. The predicted octanol–water partition coefficient (Wildman–Crippen LogP) is 6.74. The molecule has 0 saturated heterocycles. The molecule has 0 fully saturated rings.